The van der Waals surface area contributed by atoms with E-state index in [1.165, 1.54) is 55.6 Å². The van der Waals surface area contributed by atoms with Crippen molar-refractivity contribution < 1.29 is 26.4 Å². The number of rotatable bonds is 10. The van der Waals surface area contributed by atoms with E-state index in [9.17, 15) is 21.6 Å². The van der Waals surface area contributed by atoms with Gasteiger partial charge in [0.2, 0.25) is 5.91 Å². The Labute approximate surface area is 252 Å². The van der Waals surface area contributed by atoms with E-state index in [4.69, 9.17) is 16.3 Å². The molecule has 214 valence electrons. The summed E-state index contributed by atoms with van der Waals surface area (Å²) in [5, 5.41) is 2.87. The Morgan fingerprint density at radius 3 is 2.05 bits per heavy atom. The maximum atomic E-state index is 13.7. The van der Waals surface area contributed by atoms with Crippen molar-refractivity contribution in [3.8, 4) is 5.75 Å². The fourth-order valence-electron chi connectivity index (χ4n) is 3.78. The van der Waals surface area contributed by atoms with Gasteiger partial charge >= 0.3 is 0 Å². The van der Waals surface area contributed by atoms with Crippen LogP contribution in [0.1, 0.15) is 5.56 Å². The Balaban J connectivity index is 1.58. The van der Waals surface area contributed by atoms with Crippen LogP contribution in [0.4, 0.5) is 17.1 Å². The molecule has 4 aromatic carbocycles. The molecular formula is C28H25BrClN3O6S2. The van der Waals surface area contributed by atoms with E-state index in [0.717, 1.165) is 14.3 Å². The number of carbonyl (C=O) groups is 1. The summed E-state index contributed by atoms with van der Waals surface area (Å²) in [7, 11) is -6.73. The highest BCUT2D eigenvalue weighted by atomic mass is 79.9. The first-order chi connectivity index (χ1) is 19.4. The van der Waals surface area contributed by atoms with Crippen LogP contribution >= 0.6 is 27.5 Å². The van der Waals surface area contributed by atoms with Gasteiger partial charge in [0.05, 0.1) is 22.6 Å². The Morgan fingerprint density at radius 1 is 0.854 bits per heavy atom. The Kier molecular flexibility index (Phi) is 9.27. The molecule has 0 heterocycles. The van der Waals surface area contributed by atoms with E-state index < -0.39 is 32.5 Å². The third-order valence-electron chi connectivity index (χ3n) is 5.85. The van der Waals surface area contributed by atoms with Crippen LogP contribution in [0.2, 0.25) is 5.02 Å². The quantitative estimate of drug-likeness (QED) is 0.211. The predicted octanol–water partition coefficient (Wildman–Crippen LogP) is 6.05. The molecule has 0 spiro atoms. The molecule has 2 N–H and O–H groups in total. The molecule has 4 aromatic rings. The molecule has 0 unspecified atom stereocenters. The van der Waals surface area contributed by atoms with E-state index in [2.05, 4.69) is 26.0 Å². The van der Waals surface area contributed by atoms with Gasteiger partial charge in [0, 0.05) is 20.9 Å². The molecule has 0 saturated carbocycles. The largest absolute Gasteiger partial charge is 0.495 e. The number of carbonyl (C=O) groups excluding carboxylic acids is 1. The van der Waals surface area contributed by atoms with Crippen molar-refractivity contribution in [3.05, 3.63) is 106 Å². The first-order valence-electron chi connectivity index (χ1n) is 12.0. The molecule has 0 bridgehead atoms. The topological polar surface area (TPSA) is 122 Å². The van der Waals surface area contributed by atoms with Crippen LogP contribution in [0, 0.1) is 6.92 Å². The number of nitrogens with one attached hydrogen (secondary N) is 2. The number of hydrogen-bond acceptors (Lipinski definition) is 6. The van der Waals surface area contributed by atoms with Gasteiger partial charge in [0.25, 0.3) is 20.0 Å². The Morgan fingerprint density at radius 2 is 1.44 bits per heavy atom. The zero-order chi connectivity index (χ0) is 29.8. The molecular weight excluding hydrogens is 654 g/mol. The number of amides is 1. The normalized spacial score (nSPS) is 11.5. The fraction of sp³-hybridized carbons (Fsp3) is 0.107. The molecule has 1 amide bonds. The number of halogens is 2. The van der Waals surface area contributed by atoms with Crippen LogP contribution in [-0.2, 0) is 24.8 Å². The zero-order valence-corrected chi connectivity index (χ0v) is 25.8. The standard InChI is InChI=1S/C28H25BrClN3O6S2/c1-19-3-12-25(13-4-19)41(37,38)33(26-17-21(30)7-16-27(26)39-2)18-28(34)31-22-10-14-24(15-11-22)40(35,36)32-23-8-5-20(29)6-9-23/h3-17,32H,18H2,1-2H3,(H,31,34). The summed E-state index contributed by atoms with van der Waals surface area (Å²) in [4.78, 5) is 13.1. The highest BCUT2D eigenvalue weighted by molar-refractivity contribution is 9.10. The number of ether oxygens (including phenoxy) is 1. The first-order valence-corrected chi connectivity index (χ1v) is 16.1. The van der Waals surface area contributed by atoms with E-state index in [0.29, 0.717) is 5.69 Å². The molecule has 0 radical (unpaired) electrons. The van der Waals surface area contributed by atoms with Gasteiger partial charge in [-0.1, -0.05) is 45.2 Å². The molecule has 41 heavy (non-hydrogen) atoms. The average Bonchev–Trinajstić information content (AvgIpc) is 2.93. The predicted molar refractivity (Wildman–Crippen MR) is 164 cm³/mol. The van der Waals surface area contributed by atoms with Crippen molar-refractivity contribution in [2.75, 3.05) is 28.0 Å². The van der Waals surface area contributed by atoms with Crippen molar-refractivity contribution in [1.29, 1.82) is 0 Å². The minimum Gasteiger partial charge on any atom is -0.495 e. The number of sulfonamides is 2. The molecule has 0 aliphatic carbocycles. The van der Waals surface area contributed by atoms with E-state index in [1.807, 2.05) is 6.92 Å². The molecule has 0 fully saturated rings. The minimum atomic E-state index is -4.22. The lowest BCUT2D eigenvalue weighted by atomic mass is 10.2. The third-order valence-corrected chi connectivity index (χ3v) is 9.79. The zero-order valence-electron chi connectivity index (χ0n) is 21.8. The van der Waals surface area contributed by atoms with Gasteiger partial charge in [0.1, 0.15) is 12.3 Å². The van der Waals surface area contributed by atoms with E-state index in [1.54, 1.807) is 42.5 Å². The third kappa shape index (κ3) is 7.39. The maximum Gasteiger partial charge on any atom is 0.264 e. The monoisotopic (exact) mass is 677 g/mol. The first kappa shape index (κ1) is 30.4. The van der Waals surface area contributed by atoms with Crippen molar-refractivity contribution in [2.24, 2.45) is 0 Å². The van der Waals surface area contributed by atoms with Gasteiger partial charge in [0.15, 0.2) is 0 Å². The van der Waals surface area contributed by atoms with Crippen molar-refractivity contribution >= 4 is 70.5 Å². The molecule has 0 aromatic heterocycles. The SMILES string of the molecule is COc1ccc(Cl)cc1N(CC(=O)Nc1ccc(S(=O)(=O)Nc2ccc(Br)cc2)cc1)S(=O)(=O)c1ccc(C)cc1. The molecule has 9 nitrogen and oxygen atoms in total. The van der Waals surface area contributed by atoms with Gasteiger partial charge in [-0.05, 0) is 85.8 Å². The van der Waals surface area contributed by atoms with Crippen molar-refractivity contribution in [2.45, 2.75) is 16.7 Å². The fourth-order valence-corrected chi connectivity index (χ4v) is 6.69. The molecule has 0 saturated heterocycles. The summed E-state index contributed by atoms with van der Waals surface area (Å²) in [5.74, 6) is -0.475. The van der Waals surface area contributed by atoms with Crippen LogP contribution in [0.5, 0.6) is 5.75 Å². The van der Waals surface area contributed by atoms with Crippen LogP contribution in [0.25, 0.3) is 0 Å². The van der Waals surface area contributed by atoms with Crippen molar-refractivity contribution in [1.82, 2.24) is 0 Å². The van der Waals surface area contributed by atoms with Gasteiger partial charge < -0.3 is 10.1 Å². The second-order valence-corrected chi connectivity index (χ2v) is 13.7. The van der Waals surface area contributed by atoms with E-state index >= 15 is 0 Å². The minimum absolute atomic E-state index is 0.0224. The Hall–Kier alpha value is -3.58. The summed E-state index contributed by atoms with van der Waals surface area (Å²) in [6.07, 6.45) is 0. The van der Waals surface area contributed by atoms with Crippen LogP contribution in [0.15, 0.2) is 105 Å². The highest BCUT2D eigenvalue weighted by Gasteiger charge is 2.30. The lowest BCUT2D eigenvalue weighted by molar-refractivity contribution is -0.114. The molecule has 13 heteroatoms. The second-order valence-electron chi connectivity index (χ2n) is 8.83. The number of nitrogens with zero attached hydrogens (tertiary/aromatic N) is 1. The Bertz CT molecular complexity index is 1770. The highest BCUT2D eigenvalue weighted by Crippen LogP contribution is 2.35. The molecule has 0 aliphatic rings. The number of anilines is 3. The lowest BCUT2D eigenvalue weighted by Crippen LogP contribution is -2.38. The average molecular weight is 679 g/mol. The summed E-state index contributed by atoms with van der Waals surface area (Å²) < 4.78 is 62.5. The van der Waals surface area contributed by atoms with Crippen molar-refractivity contribution in [3.63, 3.8) is 0 Å². The van der Waals surface area contributed by atoms with Gasteiger partial charge in [-0.15, -0.1) is 0 Å². The second kappa shape index (κ2) is 12.5. The lowest BCUT2D eigenvalue weighted by Gasteiger charge is -2.26. The maximum absolute atomic E-state index is 13.7. The molecule has 0 atom stereocenters. The summed E-state index contributed by atoms with van der Waals surface area (Å²) in [5.41, 5.74) is 1.60. The number of aryl methyl sites for hydroxylation is 1. The molecule has 0 aliphatic heterocycles. The van der Waals surface area contributed by atoms with Crippen LogP contribution in [-0.4, -0.2) is 36.4 Å². The van der Waals surface area contributed by atoms with Gasteiger partial charge in [-0.3, -0.25) is 13.8 Å². The summed E-state index contributed by atoms with van der Waals surface area (Å²) in [6, 6.07) is 22.8. The van der Waals surface area contributed by atoms with E-state index in [-0.39, 0.29) is 31.9 Å². The number of methoxy groups -OCH3 is 1. The number of hydrogen-bond donors (Lipinski definition) is 2. The molecule has 4 rings (SSSR count). The van der Waals surface area contributed by atoms with Crippen LogP contribution < -0.4 is 19.1 Å². The van der Waals surface area contributed by atoms with Gasteiger partial charge in [-0.25, -0.2) is 16.8 Å². The summed E-state index contributed by atoms with van der Waals surface area (Å²) in [6.45, 7) is 1.22. The van der Waals surface area contributed by atoms with Crippen LogP contribution in [0.3, 0.4) is 0 Å². The van der Waals surface area contributed by atoms with Gasteiger partial charge in [-0.2, -0.15) is 0 Å². The summed E-state index contributed by atoms with van der Waals surface area (Å²) >= 11 is 9.48. The number of benzene rings is 4. The smallest absolute Gasteiger partial charge is 0.264 e.